The summed E-state index contributed by atoms with van der Waals surface area (Å²) < 4.78 is 26.6. The lowest BCUT2D eigenvalue weighted by atomic mass is 9.73. The standard InChI is InChI=1S/C20H30F2/c1-3-4-5-6-16-7-9-18(10-8-16)15(2)11-17-12-19(21)14-20(22)13-17/h12-16,18H,3-11H2,1-2H3. The molecule has 1 aromatic carbocycles. The second kappa shape index (κ2) is 8.64. The third-order valence-corrected chi connectivity index (χ3v) is 5.39. The van der Waals surface area contributed by atoms with Crippen LogP contribution in [0.25, 0.3) is 0 Å². The van der Waals surface area contributed by atoms with Crippen molar-refractivity contribution in [1.82, 2.24) is 0 Å². The SMILES string of the molecule is CCCCCC1CCC(C(C)Cc2cc(F)cc(F)c2)CC1. The van der Waals surface area contributed by atoms with Crippen molar-refractivity contribution in [3.05, 3.63) is 35.4 Å². The molecule has 1 saturated carbocycles. The molecule has 0 nitrogen and oxygen atoms in total. The van der Waals surface area contributed by atoms with E-state index in [2.05, 4.69) is 13.8 Å². The van der Waals surface area contributed by atoms with E-state index in [4.69, 9.17) is 0 Å². The molecule has 1 aromatic rings. The Balaban J connectivity index is 1.78. The van der Waals surface area contributed by atoms with Gasteiger partial charge in [-0.25, -0.2) is 8.78 Å². The number of hydrogen-bond donors (Lipinski definition) is 0. The molecule has 124 valence electrons. The lowest BCUT2D eigenvalue weighted by Crippen LogP contribution is -2.21. The Hall–Kier alpha value is -0.920. The summed E-state index contributed by atoms with van der Waals surface area (Å²) in [6.45, 7) is 4.50. The molecule has 2 heteroatoms. The van der Waals surface area contributed by atoms with Crippen LogP contribution in [0.3, 0.4) is 0 Å². The van der Waals surface area contributed by atoms with Crippen molar-refractivity contribution in [2.24, 2.45) is 17.8 Å². The van der Waals surface area contributed by atoms with Crippen LogP contribution in [0.2, 0.25) is 0 Å². The average molecular weight is 308 g/mol. The molecule has 1 aliphatic rings. The van der Waals surface area contributed by atoms with Gasteiger partial charge in [0.25, 0.3) is 0 Å². The molecule has 1 unspecified atom stereocenters. The van der Waals surface area contributed by atoms with Gasteiger partial charge in [-0.3, -0.25) is 0 Å². The molecule has 1 fully saturated rings. The average Bonchev–Trinajstić information content (AvgIpc) is 2.47. The number of rotatable bonds is 7. The molecular weight excluding hydrogens is 278 g/mol. The highest BCUT2D eigenvalue weighted by molar-refractivity contribution is 5.18. The minimum absolute atomic E-state index is 0.457. The van der Waals surface area contributed by atoms with Crippen molar-refractivity contribution >= 4 is 0 Å². The largest absolute Gasteiger partial charge is 0.207 e. The Bertz CT molecular complexity index is 427. The molecule has 0 aromatic heterocycles. The monoisotopic (exact) mass is 308 g/mol. The van der Waals surface area contributed by atoms with E-state index < -0.39 is 11.6 Å². The maximum atomic E-state index is 13.3. The van der Waals surface area contributed by atoms with Crippen LogP contribution in [0.4, 0.5) is 8.78 Å². The van der Waals surface area contributed by atoms with Crippen molar-refractivity contribution in [3.8, 4) is 0 Å². The molecular formula is C20H30F2. The summed E-state index contributed by atoms with van der Waals surface area (Å²) >= 11 is 0. The lowest BCUT2D eigenvalue weighted by Gasteiger charge is -2.32. The van der Waals surface area contributed by atoms with Gasteiger partial charge in [-0.05, 0) is 54.7 Å². The number of hydrogen-bond acceptors (Lipinski definition) is 0. The predicted molar refractivity (Wildman–Crippen MR) is 88.8 cm³/mol. The first-order chi connectivity index (χ1) is 10.6. The van der Waals surface area contributed by atoms with Crippen molar-refractivity contribution in [2.45, 2.75) is 71.6 Å². The highest BCUT2D eigenvalue weighted by Gasteiger charge is 2.25. The third-order valence-electron chi connectivity index (χ3n) is 5.39. The Morgan fingerprint density at radius 3 is 2.23 bits per heavy atom. The number of benzene rings is 1. The predicted octanol–water partition coefficient (Wildman–Crippen LogP) is 6.53. The first-order valence-electron chi connectivity index (χ1n) is 9.03. The van der Waals surface area contributed by atoms with E-state index in [0.717, 1.165) is 24.0 Å². The van der Waals surface area contributed by atoms with Crippen LogP contribution in [-0.2, 0) is 6.42 Å². The van der Waals surface area contributed by atoms with E-state index in [1.54, 1.807) is 0 Å². The molecule has 22 heavy (non-hydrogen) atoms. The van der Waals surface area contributed by atoms with Crippen LogP contribution in [0.1, 0.15) is 70.8 Å². The van der Waals surface area contributed by atoms with E-state index in [9.17, 15) is 8.78 Å². The van der Waals surface area contributed by atoms with Gasteiger partial charge < -0.3 is 0 Å². The van der Waals surface area contributed by atoms with Crippen LogP contribution in [-0.4, -0.2) is 0 Å². The fourth-order valence-corrected chi connectivity index (χ4v) is 4.00. The summed E-state index contributed by atoms with van der Waals surface area (Å²) in [5.41, 5.74) is 0.801. The topological polar surface area (TPSA) is 0 Å². The second-order valence-corrected chi connectivity index (χ2v) is 7.24. The Kier molecular flexibility index (Phi) is 6.85. The highest BCUT2D eigenvalue weighted by atomic mass is 19.1. The zero-order valence-electron chi connectivity index (χ0n) is 14.1. The Morgan fingerprint density at radius 1 is 1.00 bits per heavy atom. The van der Waals surface area contributed by atoms with E-state index >= 15 is 0 Å². The van der Waals surface area contributed by atoms with E-state index in [-0.39, 0.29) is 0 Å². The number of unbranched alkanes of at least 4 members (excludes halogenated alkanes) is 2. The van der Waals surface area contributed by atoms with Crippen LogP contribution < -0.4 is 0 Å². The molecule has 0 bridgehead atoms. The maximum absolute atomic E-state index is 13.3. The first-order valence-corrected chi connectivity index (χ1v) is 9.03. The van der Waals surface area contributed by atoms with Crippen LogP contribution in [0, 0.1) is 29.4 Å². The molecule has 0 saturated heterocycles. The van der Waals surface area contributed by atoms with Gasteiger partial charge in [0.05, 0.1) is 0 Å². The zero-order valence-corrected chi connectivity index (χ0v) is 14.1. The van der Waals surface area contributed by atoms with Gasteiger partial charge in [-0.2, -0.15) is 0 Å². The molecule has 2 rings (SSSR count). The quantitative estimate of drug-likeness (QED) is 0.502. The summed E-state index contributed by atoms with van der Waals surface area (Å²) in [5.74, 6) is 1.23. The van der Waals surface area contributed by atoms with E-state index in [1.165, 1.54) is 63.5 Å². The van der Waals surface area contributed by atoms with Gasteiger partial charge in [-0.15, -0.1) is 0 Å². The summed E-state index contributed by atoms with van der Waals surface area (Å²) in [5, 5.41) is 0. The first kappa shape index (κ1) is 17.4. The molecule has 0 spiro atoms. The summed E-state index contributed by atoms with van der Waals surface area (Å²) in [6.07, 6.45) is 11.5. The van der Waals surface area contributed by atoms with Gasteiger partial charge >= 0.3 is 0 Å². The van der Waals surface area contributed by atoms with Crippen molar-refractivity contribution < 1.29 is 8.78 Å². The molecule has 0 heterocycles. The van der Waals surface area contributed by atoms with Gasteiger partial charge in [0.15, 0.2) is 0 Å². The van der Waals surface area contributed by atoms with Gasteiger partial charge in [0, 0.05) is 6.07 Å². The van der Waals surface area contributed by atoms with Crippen molar-refractivity contribution in [1.29, 1.82) is 0 Å². The summed E-state index contributed by atoms with van der Waals surface area (Å²) in [6, 6.07) is 3.92. The maximum Gasteiger partial charge on any atom is 0.126 e. The summed E-state index contributed by atoms with van der Waals surface area (Å²) in [4.78, 5) is 0. The minimum atomic E-state index is -0.457. The number of halogens is 2. The highest BCUT2D eigenvalue weighted by Crippen LogP contribution is 2.36. The zero-order chi connectivity index (χ0) is 15.9. The molecule has 1 atom stereocenters. The minimum Gasteiger partial charge on any atom is -0.207 e. The van der Waals surface area contributed by atoms with Gasteiger partial charge in [0.2, 0.25) is 0 Å². The second-order valence-electron chi connectivity index (χ2n) is 7.24. The van der Waals surface area contributed by atoms with E-state index in [0.29, 0.717) is 11.8 Å². The smallest absolute Gasteiger partial charge is 0.126 e. The fourth-order valence-electron chi connectivity index (χ4n) is 4.00. The van der Waals surface area contributed by atoms with E-state index in [1.807, 2.05) is 0 Å². The lowest BCUT2D eigenvalue weighted by molar-refractivity contribution is 0.204. The Morgan fingerprint density at radius 2 is 1.64 bits per heavy atom. The Labute approximate surface area is 134 Å². The molecule has 0 radical (unpaired) electrons. The third kappa shape index (κ3) is 5.37. The van der Waals surface area contributed by atoms with Crippen LogP contribution in [0.5, 0.6) is 0 Å². The normalized spacial score (nSPS) is 23.5. The fraction of sp³-hybridized carbons (Fsp3) is 0.700. The molecule has 0 N–H and O–H groups in total. The molecule has 1 aliphatic carbocycles. The van der Waals surface area contributed by atoms with Gasteiger partial charge in [0.1, 0.15) is 11.6 Å². The van der Waals surface area contributed by atoms with Crippen LogP contribution in [0.15, 0.2) is 18.2 Å². The summed E-state index contributed by atoms with van der Waals surface area (Å²) in [7, 11) is 0. The van der Waals surface area contributed by atoms with Gasteiger partial charge in [-0.1, -0.05) is 52.4 Å². The molecule has 0 aliphatic heterocycles. The van der Waals surface area contributed by atoms with Crippen molar-refractivity contribution in [3.63, 3.8) is 0 Å². The molecule has 0 amide bonds. The van der Waals surface area contributed by atoms with Crippen LogP contribution >= 0.6 is 0 Å². The van der Waals surface area contributed by atoms with Crippen molar-refractivity contribution in [2.75, 3.05) is 0 Å².